The van der Waals surface area contributed by atoms with Crippen LogP contribution in [0.2, 0.25) is 0 Å². The molecule has 0 radical (unpaired) electrons. The van der Waals surface area contributed by atoms with Crippen LogP contribution < -0.4 is 5.73 Å². The van der Waals surface area contributed by atoms with Crippen LogP contribution >= 0.6 is 0 Å². The van der Waals surface area contributed by atoms with Crippen molar-refractivity contribution in [3.8, 4) is 11.3 Å². The molecule has 0 aliphatic heterocycles. The van der Waals surface area contributed by atoms with E-state index in [0.717, 1.165) is 11.3 Å². The average Bonchev–Trinajstić information content (AvgIpc) is 2.22. The van der Waals surface area contributed by atoms with Crippen molar-refractivity contribution in [3.05, 3.63) is 35.5 Å². The van der Waals surface area contributed by atoms with E-state index in [9.17, 15) is 0 Å². The van der Waals surface area contributed by atoms with Gasteiger partial charge in [-0.15, -0.1) is 5.10 Å². The Balaban J connectivity index is 2.59. The highest BCUT2D eigenvalue weighted by Crippen LogP contribution is 2.22. The molecule has 0 saturated carbocycles. The van der Waals surface area contributed by atoms with Gasteiger partial charge in [-0.05, 0) is 25.0 Å². The predicted molar refractivity (Wildman–Crippen MR) is 59.1 cm³/mol. The van der Waals surface area contributed by atoms with Crippen LogP contribution in [0.4, 0.5) is 5.95 Å². The summed E-state index contributed by atoms with van der Waals surface area (Å²) >= 11 is 0. The van der Waals surface area contributed by atoms with Crippen molar-refractivity contribution in [1.29, 1.82) is 0 Å². The third-order valence-electron chi connectivity index (χ3n) is 2.46. The molecule has 0 bridgehead atoms. The van der Waals surface area contributed by atoms with E-state index >= 15 is 0 Å². The van der Waals surface area contributed by atoms with Crippen LogP contribution in [-0.4, -0.2) is 15.2 Å². The standard InChI is InChI=1S/C11H12N4/c1-7-4-3-5-9(8(7)2)10-6-13-15-11(12)14-10/h3-6H,1-2H3,(H2,12,14,15). The summed E-state index contributed by atoms with van der Waals surface area (Å²) in [4.78, 5) is 4.15. The second-order valence-corrected chi connectivity index (χ2v) is 3.45. The van der Waals surface area contributed by atoms with Gasteiger partial charge in [-0.2, -0.15) is 5.10 Å². The molecule has 0 atom stereocenters. The molecule has 4 nitrogen and oxygen atoms in total. The Morgan fingerprint density at radius 1 is 1.20 bits per heavy atom. The van der Waals surface area contributed by atoms with Gasteiger partial charge in [0.2, 0.25) is 5.95 Å². The fourth-order valence-electron chi connectivity index (χ4n) is 1.48. The number of nitrogen functional groups attached to an aromatic ring is 1. The molecule has 0 unspecified atom stereocenters. The van der Waals surface area contributed by atoms with Crippen LogP contribution in [0.1, 0.15) is 11.1 Å². The van der Waals surface area contributed by atoms with Crippen molar-refractivity contribution < 1.29 is 0 Å². The van der Waals surface area contributed by atoms with Crippen molar-refractivity contribution in [2.45, 2.75) is 13.8 Å². The molecular weight excluding hydrogens is 188 g/mol. The number of nitrogens with zero attached hydrogens (tertiary/aromatic N) is 3. The highest BCUT2D eigenvalue weighted by molar-refractivity contribution is 5.64. The van der Waals surface area contributed by atoms with E-state index in [1.165, 1.54) is 11.1 Å². The van der Waals surface area contributed by atoms with Gasteiger partial charge in [-0.3, -0.25) is 0 Å². The summed E-state index contributed by atoms with van der Waals surface area (Å²) in [6.45, 7) is 4.12. The highest BCUT2D eigenvalue weighted by atomic mass is 15.2. The molecule has 76 valence electrons. The second-order valence-electron chi connectivity index (χ2n) is 3.45. The summed E-state index contributed by atoms with van der Waals surface area (Å²) in [7, 11) is 0. The minimum atomic E-state index is 0.202. The predicted octanol–water partition coefficient (Wildman–Crippen LogP) is 1.74. The van der Waals surface area contributed by atoms with Gasteiger partial charge in [-0.1, -0.05) is 18.2 Å². The Bertz CT molecular complexity index is 494. The normalized spacial score (nSPS) is 10.3. The summed E-state index contributed by atoms with van der Waals surface area (Å²) in [6, 6.07) is 6.07. The zero-order valence-electron chi connectivity index (χ0n) is 8.73. The molecule has 4 heteroatoms. The van der Waals surface area contributed by atoms with Crippen LogP contribution in [0, 0.1) is 13.8 Å². The number of hydrogen-bond acceptors (Lipinski definition) is 4. The summed E-state index contributed by atoms with van der Waals surface area (Å²) < 4.78 is 0. The van der Waals surface area contributed by atoms with Crippen LogP contribution in [0.15, 0.2) is 24.4 Å². The molecule has 1 heterocycles. The zero-order chi connectivity index (χ0) is 10.8. The number of benzene rings is 1. The lowest BCUT2D eigenvalue weighted by Gasteiger charge is -2.07. The Morgan fingerprint density at radius 3 is 2.73 bits per heavy atom. The first-order chi connectivity index (χ1) is 7.18. The van der Waals surface area contributed by atoms with Gasteiger partial charge < -0.3 is 5.73 Å². The molecular formula is C11H12N4. The lowest BCUT2D eigenvalue weighted by Crippen LogP contribution is -1.99. The Labute approximate surface area is 88.2 Å². The van der Waals surface area contributed by atoms with Gasteiger partial charge in [0, 0.05) is 5.56 Å². The average molecular weight is 200 g/mol. The Kier molecular flexibility index (Phi) is 2.33. The van der Waals surface area contributed by atoms with Gasteiger partial charge >= 0.3 is 0 Å². The van der Waals surface area contributed by atoms with Crippen molar-refractivity contribution in [2.24, 2.45) is 0 Å². The molecule has 0 saturated heterocycles. The Hall–Kier alpha value is -1.97. The SMILES string of the molecule is Cc1cccc(-c2cnnc(N)n2)c1C. The first kappa shape index (κ1) is 9.58. The van der Waals surface area contributed by atoms with E-state index in [4.69, 9.17) is 5.73 Å². The van der Waals surface area contributed by atoms with Gasteiger partial charge in [0.1, 0.15) is 0 Å². The smallest absolute Gasteiger partial charge is 0.240 e. The molecule has 1 aromatic heterocycles. The van der Waals surface area contributed by atoms with Crippen LogP contribution in [-0.2, 0) is 0 Å². The zero-order valence-corrected chi connectivity index (χ0v) is 8.73. The lowest BCUT2D eigenvalue weighted by atomic mass is 10.0. The molecule has 2 N–H and O–H groups in total. The molecule has 2 aromatic rings. The van der Waals surface area contributed by atoms with Crippen LogP contribution in [0.3, 0.4) is 0 Å². The lowest BCUT2D eigenvalue weighted by molar-refractivity contribution is 0.989. The van der Waals surface area contributed by atoms with E-state index in [0.29, 0.717) is 0 Å². The maximum absolute atomic E-state index is 5.50. The third kappa shape index (κ3) is 1.79. The second kappa shape index (κ2) is 3.65. The molecule has 15 heavy (non-hydrogen) atoms. The minimum Gasteiger partial charge on any atom is -0.366 e. The van der Waals surface area contributed by atoms with Crippen LogP contribution in [0.5, 0.6) is 0 Å². The fraction of sp³-hybridized carbons (Fsp3) is 0.182. The summed E-state index contributed by atoms with van der Waals surface area (Å²) in [6.07, 6.45) is 1.62. The van der Waals surface area contributed by atoms with E-state index in [-0.39, 0.29) is 5.95 Å². The maximum atomic E-state index is 5.50. The van der Waals surface area contributed by atoms with E-state index < -0.39 is 0 Å². The van der Waals surface area contributed by atoms with E-state index in [1.54, 1.807) is 6.20 Å². The molecule has 2 rings (SSSR count). The van der Waals surface area contributed by atoms with Gasteiger partial charge in [0.25, 0.3) is 0 Å². The number of rotatable bonds is 1. The van der Waals surface area contributed by atoms with Crippen molar-refractivity contribution in [2.75, 3.05) is 5.73 Å². The molecule has 0 aliphatic carbocycles. The molecule has 1 aromatic carbocycles. The van der Waals surface area contributed by atoms with Crippen molar-refractivity contribution in [3.63, 3.8) is 0 Å². The molecule has 0 spiro atoms. The number of aryl methyl sites for hydroxylation is 1. The Morgan fingerprint density at radius 2 is 2.00 bits per heavy atom. The summed E-state index contributed by atoms with van der Waals surface area (Å²) in [5, 5.41) is 7.43. The third-order valence-corrected chi connectivity index (χ3v) is 2.46. The monoisotopic (exact) mass is 200 g/mol. The number of anilines is 1. The number of hydrogen-bond donors (Lipinski definition) is 1. The van der Waals surface area contributed by atoms with Crippen molar-refractivity contribution in [1.82, 2.24) is 15.2 Å². The summed E-state index contributed by atoms with van der Waals surface area (Å²) in [5.41, 5.74) is 9.74. The first-order valence-corrected chi connectivity index (χ1v) is 4.70. The number of nitrogens with two attached hydrogens (primary N) is 1. The first-order valence-electron chi connectivity index (χ1n) is 4.70. The highest BCUT2D eigenvalue weighted by Gasteiger charge is 2.05. The van der Waals surface area contributed by atoms with Gasteiger partial charge in [-0.25, -0.2) is 4.98 Å². The molecule has 0 aliphatic rings. The minimum absolute atomic E-state index is 0.202. The topological polar surface area (TPSA) is 64.7 Å². The van der Waals surface area contributed by atoms with Crippen molar-refractivity contribution >= 4 is 5.95 Å². The largest absolute Gasteiger partial charge is 0.366 e. The summed E-state index contributed by atoms with van der Waals surface area (Å²) in [5.74, 6) is 0.202. The quantitative estimate of drug-likeness (QED) is 0.761. The molecule has 0 fully saturated rings. The fourth-order valence-corrected chi connectivity index (χ4v) is 1.48. The van der Waals surface area contributed by atoms with E-state index in [2.05, 4.69) is 35.1 Å². The van der Waals surface area contributed by atoms with E-state index in [1.807, 2.05) is 12.1 Å². The van der Waals surface area contributed by atoms with Gasteiger partial charge in [0.05, 0.1) is 11.9 Å². The maximum Gasteiger partial charge on any atom is 0.240 e. The van der Waals surface area contributed by atoms with Gasteiger partial charge in [0.15, 0.2) is 0 Å². The van der Waals surface area contributed by atoms with Crippen LogP contribution in [0.25, 0.3) is 11.3 Å². The number of aromatic nitrogens is 3. The molecule has 0 amide bonds.